The van der Waals surface area contributed by atoms with E-state index in [9.17, 15) is 0 Å². The summed E-state index contributed by atoms with van der Waals surface area (Å²) in [5, 5.41) is 2.30. The first kappa shape index (κ1) is 23.3. The molecule has 2 aromatic heterocycles. The molecule has 0 spiro atoms. The van der Waals surface area contributed by atoms with Gasteiger partial charge in [-0.05, 0) is 52.9 Å². The van der Waals surface area contributed by atoms with Gasteiger partial charge in [0.15, 0.2) is 0 Å². The quantitative estimate of drug-likeness (QED) is 0.230. The second kappa shape index (κ2) is 9.54. The van der Waals surface area contributed by atoms with Gasteiger partial charge in [-0.15, -0.1) is 0 Å². The summed E-state index contributed by atoms with van der Waals surface area (Å²) in [7, 11) is 0. The molecule has 4 nitrogen and oxygen atoms in total. The highest BCUT2D eigenvalue weighted by Crippen LogP contribution is 2.50. The minimum absolute atomic E-state index is 0.616. The van der Waals surface area contributed by atoms with Gasteiger partial charge in [0.1, 0.15) is 0 Å². The molecule has 0 saturated carbocycles. The van der Waals surface area contributed by atoms with Gasteiger partial charge in [-0.25, -0.2) is 9.97 Å². The molecule has 0 radical (unpaired) electrons. The van der Waals surface area contributed by atoms with Crippen molar-refractivity contribution >= 4 is 28.1 Å². The molecule has 1 aliphatic heterocycles. The van der Waals surface area contributed by atoms with Gasteiger partial charge in [0, 0.05) is 28.3 Å². The average molecular weight is 525 g/mol. The number of anilines is 3. The molecule has 0 aliphatic carbocycles. The van der Waals surface area contributed by atoms with Crippen molar-refractivity contribution in [1.82, 2.24) is 15.0 Å². The summed E-state index contributed by atoms with van der Waals surface area (Å²) >= 11 is 0. The molecule has 8 rings (SSSR count). The van der Waals surface area contributed by atoms with E-state index >= 15 is 0 Å². The minimum Gasteiger partial charge on any atom is -0.276 e. The SMILES string of the molecule is c1ccc(-c2cc3c4c(cccc4c2)N(c2nc(-c4ccccc4)cc(-c4ccccc4)n2)c2cccnc2-3)cc1. The first-order chi connectivity index (χ1) is 20.3. The van der Waals surface area contributed by atoms with E-state index < -0.39 is 0 Å². The summed E-state index contributed by atoms with van der Waals surface area (Å²) in [6.07, 6.45) is 1.86. The molecule has 0 fully saturated rings. The Morgan fingerprint density at radius 3 is 1.73 bits per heavy atom. The Labute approximate surface area is 238 Å². The van der Waals surface area contributed by atoms with Crippen LogP contribution in [-0.2, 0) is 0 Å². The third kappa shape index (κ3) is 3.97. The van der Waals surface area contributed by atoms with E-state index in [0.717, 1.165) is 55.9 Å². The lowest BCUT2D eigenvalue weighted by molar-refractivity contribution is 1.08. The zero-order chi connectivity index (χ0) is 27.2. The van der Waals surface area contributed by atoms with Crippen molar-refractivity contribution < 1.29 is 0 Å². The molecule has 3 heterocycles. The summed E-state index contributed by atoms with van der Waals surface area (Å²) < 4.78 is 0. The van der Waals surface area contributed by atoms with Crippen LogP contribution in [0.4, 0.5) is 17.3 Å². The fourth-order valence-electron chi connectivity index (χ4n) is 5.76. The van der Waals surface area contributed by atoms with Crippen LogP contribution in [-0.4, -0.2) is 15.0 Å². The lowest BCUT2D eigenvalue weighted by atomic mass is 9.90. The van der Waals surface area contributed by atoms with Crippen molar-refractivity contribution in [2.24, 2.45) is 0 Å². The average Bonchev–Trinajstić information content (AvgIpc) is 3.06. The topological polar surface area (TPSA) is 41.9 Å². The Hall–Kier alpha value is -5.61. The minimum atomic E-state index is 0.616. The molecular weight excluding hydrogens is 500 g/mol. The normalized spacial score (nSPS) is 11.9. The van der Waals surface area contributed by atoms with Crippen molar-refractivity contribution in [1.29, 1.82) is 0 Å². The van der Waals surface area contributed by atoms with Crippen LogP contribution >= 0.6 is 0 Å². The number of nitrogens with zero attached hydrogens (tertiary/aromatic N) is 4. The Morgan fingerprint density at radius 1 is 0.463 bits per heavy atom. The van der Waals surface area contributed by atoms with E-state index in [-0.39, 0.29) is 0 Å². The fraction of sp³-hybridized carbons (Fsp3) is 0. The van der Waals surface area contributed by atoms with Crippen molar-refractivity contribution in [3.05, 3.63) is 146 Å². The number of aromatic nitrogens is 3. The maximum atomic E-state index is 5.16. The van der Waals surface area contributed by atoms with E-state index in [1.54, 1.807) is 0 Å². The van der Waals surface area contributed by atoms with Gasteiger partial charge < -0.3 is 0 Å². The summed E-state index contributed by atoms with van der Waals surface area (Å²) in [4.78, 5) is 17.4. The first-order valence-electron chi connectivity index (χ1n) is 13.7. The van der Waals surface area contributed by atoms with Crippen LogP contribution in [0.3, 0.4) is 0 Å². The van der Waals surface area contributed by atoms with Gasteiger partial charge in [-0.2, -0.15) is 0 Å². The number of hydrogen-bond donors (Lipinski definition) is 0. The van der Waals surface area contributed by atoms with Crippen LogP contribution in [0.1, 0.15) is 0 Å². The predicted octanol–water partition coefficient (Wildman–Crippen LogP) is 9.48. The zero-order valence-corrected chi connectivity index (χ0v) is 22.1. The summed E-state index contributed by atoms with van der Waals surface area (Å²) in [5.74, 6) is 0.616. The van der Waals surface area contributed by atoms with Crippen LogP contribution < -0.4 is 4.90 Å². The van der Waals surface area contributed by atoms with Crippen molar-refractivity contribution in [3.8, 4) is 44.9 Å². The summed E-state index contributed by atoms with van der Waals surface area (Å²) in [6.45, 7) is 0. The van der Waals surface area contributed by atoms with E-state index in [1.807, 2.05) is 48.7 Å². The molecule has 41 heavy (non-hydrogen) atoms. The maximum absolute atomic E-state index is 5.16. The maximum Gasteiger partial charge on any atom is 0.235 e. The summed E-state index contributed by atoms with van der Waals surface area (Å²) in [5.41, 5.74) is 10.2. The van der Waals surface area contributed by atoms with Crippen LogP contribution in [0.15, 0.2) is 146 Å². The van der Waals surface area contributed by atoms with Crippen LogP contribution in [0, 0.1) is 0 Å². The van der Waals surface area contributed by atoms with E-state index in [4.69, 9.17) is 15.0 Å². The second-order valence-electron chi connectivity index (χ2n) is 10.1. The molecule has 0 N–H and O–H groups in total. The molecule has 4 heteroatoms. The second-order valence-corrected chi connectivity index (χ2v) is 10.1. The lowest BCUT2D eigenvalue weighted by Gasteiger charge is -2.31. The van der Waals surface area contributed by atoms with Gasteiger partial charge in [-0.3, -0.25) is 9.88 Å². The molecule has 0 amide bonds. The number of rotatable bonds is 4. The first-order valence-corrected chi connectivity index (χ1v) is 13.7. The molecular formula is C37H24N4. The number of fused-ring (bicyclic) bond motifs is 2. The Balaban J connectivity index is 1.41. The monoisotopic (exact) mass is 524 g/mol. The number of pyridine rings is 1. The fourth-order valence-corrected chi connectivity index (χ4v) is 5.76. The molecule has 192 valence electrons. The smallest absolute Gasteiger partial charge is 0.235 e. The highest BCUT2D eigenvalue weighted by molar-refractivity contribution is 6.14. The van der Waals surface area contributed by atoms with Crippen molar-refractivity contribution in [3.63, 3.8) is 0 Å². The van der Waals surface area contributed by atoms with Gasteiger partial charge >= 0.3 is 0 Å². The van der Waals surface area contributed by atoms with Gasteiger partial charge in [0.25, 0.3) is 0 Å². The van der Waals surface area contributed by atoms with Crippen LogP contribution in [0.2, 0.25) is 0 Å². The largest absolute Gasteiger partial charge is 0.276 e. The molecule has 0 bridgehead atoms. The van der Waals surface area contributed by atoms with E-state index in [2.05, 4.69) is 102 Å². The van der Waals surface area contributed by atoms with Crippen molar-refractivity contribution in [2.45, 2.75) is 0 Å². The Morgan fingerprint density at radius 2 is 1.07 bits per heavy atom. The van der Waals surface area contributed by atoms with Crippen LogP contribution in [0.25, 0.3) is 55.7 Å². The number of benzene rings is 5. The standard InChI is InChI=1S/C37H24N4/c1-4-12-25(13-5-1)29-22-28-18-10-19-33-35(28)30(23-29)36-34(20-11-21-38-36)41(33)37-39-31(26-14-6-2-7-15-26)24-32(40-37)27-16-8-3-9-17-27/h1-24H. The van der Waals surface area contributed by atoms with Gasteiger partial charge in [0.2, 0.25) is 5.95 Å². The Kier molecular flexibility index (Phi) is 5.42. The van der Waals surface area contributed by atoms with E-state index in [1.165, 1.54) is 11.1 Å². The number of hydrogen-bond acceptors (Lipinski definition) is 4. The highest BCUT2D eigenvalue weighted by Gasteiger charge is 2.29. The van der Waals surface area contributed by atoms with Crippen LogP contribution in [0.5, 0.6) is 0 Å². The molecule has 5 aromatic carbocycles. The molecule has 1 aliphatic rings. The van der Waals surface area contributed by atoms with Crippen molar-refractivity contribution in [2.75, 3.05) is 4.90 Å². The van der Waals surface area contributed by atoms with E-state index in [0.29, 0.717) is 5.95 Å². The summed E-state index contributed by atoms with van der Waals surface area (Å²) in [6, 6.07) is 48.2. The molecule has 0 saturated heterocycles. The molecule has 7 aromatic rings. The molecule has 0 atom stereocenters. The Bertz CT molecular complexity index is 1980. The zero-order valence-electron chi connectivity index (χ0n) is 22.1. The highest BCUT2D eigenvalue weighted by atomic mass is 15.3. The lowest BCUT2D eigenvalue weighted by Crippen LogP contribution is -2.18. The third-order valence-corrected chi connectivity index (χ3v) is 7.64. The predicted molar refractivity (Wildman–Crippen MR) is 167 cm³/mol. The third-order valence-electron chi connectivity index (χ3n) is 7.64. The van der Waals surface area contributed by atoms with Gasteiger partial charge in [-0.1, -0.05) is 103 Å². The molecule has 0 unspecified atom stereocenters. The van der Waals surface area contributed by atoms with Gasteiger partial charge in [0.05, 0.1) is 28.5 Å².